The minimum atomic E-state index is -0.393. The van der Waals surface area contributed by atoms with Crippen molar-refractivity contribution < 1.29 is 9.18 Å². The van der Waals surface area contributed by atoms with Crippen molar-refractivity contribution in [3.8, 4) is 0 Å². The number of hydrogen-bond acceptors (Lipinski definition) is 1. The van der Waals surface area contributed by atoms with Crippen molar-refractivity contribution in [2.75, 3.05) is 0 Å². The van der Waals surface area contributed by atoms with E-state index < -0.39 is 5.82 Å². The molecule has 0 radical (unpaired) electrons. The first kappa shape index (κ1) is 20.8. The molecule has 3 rings (SSSR count). The Bertz CT molecular complexity index is 976. The highest BCUT2D eigenvalue weighted by atomic mass is 19.1. The van der Waals surface area contributed by atoms with Crippen molar-refractivity contribution in [3.05, 3.63) is 95.1 Å². The first-order valence-electron chi connectivity index (χ1n) is 10.1. The number of carbonyl (C=O) groups is 1. The van der Waals surface area contributed by atoms with Crippen molar-refractivity contribution in [2.24, 2.45) is 5.92 Å². The molecule has 29 heavy (non-hydrogen) atoms. The molecule has 3 aromatic rings. The molecular weight excluding hydrogens is 363 g/mol. The molecule has 0 fully saturated rings. The lowest BCUT2D eigenvalue weighted by atomic mass is 10.0. The van der Waals surface area contributed by atoms with Crippen LogP contribution >= 0.6 is 0 Å². The molecular formula is C25H29FN2O. The zero-order valence-corrected chi connectivity index (χ0v) is 17.6. The van der Waals surface area contributed by atoms with Crippen LogP contribution in [0.25, 0.3) is 0 Å². The standard InChI is InChI=1S/C25H29FN2O/c1-18(2)20(4)28(25(29)22-10-6-11-23(26)15-22)17-24-12-7-13-27(24)16-21-9-5-8-19(3)14-21/h5-15,18,20H,16-17H2,1-4H3. The van der Waals surface area contributed by atoms with E-state index in [1.165, 1.54) is 23.3 Å². The number of benzene rings is 2. The summed E-state index contributed by atoms with van der Waals surface area (Å²) in [5.41, 5.74) is 3.90. The lowest BCUT2D eigenvalue weighted by Gasteiger charge is -2.32. The van der Waals surface area contributed by atoms with E-state index in [2.05, 4.69) is 62.6 Å². The van der Waals surface area contributed by atoms with Gasteiger partial charge in [0.15, 0.2) is 0 Å². The third kappa shape index (κ3) is 5.14. The molecule has 1 unspecified atom stereocenters. The summed E-state index contributed by atoms with van der Waals surface area (Å²) < 4.78 is 15.9. The van der Waals surface area contributed by atoms with Gasteiger partial charge in [0.25, 0.3) is 5.91 Å². The molecule has 2 aromatic carbocycles. The Kier molecular flexibility index (Phi) is 6.53. The number of aryl methyl sites for hydroxylation is 1. The topological polar surface area (TPSA) is 25.2 Å². The summed E-state index contributed by atoms with van der Waals surface area (Å²) in [4.78, 5) is 15.1. The third-order valence-electron chi connectivity index (χ3n) is 5.48. The molecule has 0 bridgehead atoms. The molecule has 0 aliphatic heterocycles. The van der Waals surface area contributed by atoms with Crippen LogP contribution in [-0.2, 0) is 13.1 Å². The van der Waals surface area contributed by atoms with Crippen LogP contribution < -0.4 is 0 Å². The minimum absolute atomic E-state index is 0.0214. The number of amides is 1. The maximum atomic E-state index is 13.7. The smallest absolute Gasteiger partial charge is 0.254 e. The van der Waals surface area contributed by atoms with Gasteiger partial charge in [-0.3, -0.25) is 4.79 Å². The van der Waals surface area contributed by atoms with Gasteiger partial charge in [0.1, 0.15) is 5.82 Å². The number of halogens is 1. The lowest BCUT2D eigenvalue weighted by Crippen LogP contribution is -2.41. The number of aromatic nitrogens is 1. The van der Waals surface area contributed by atoms with E-state index in [1.807, 2.05) is 17.2 Å². The van der Waals surface area contributed by atoms with Crippen molar-refractivity contribution in [1.29, 1.82) is 0 Å². The van der Waals surface area contributed by atoms with Crippen molar-refractivity contribution >= 4 is 5.91 Å². The van der Waals surface area contributed by atoms with Crippen LogP contribution in [-0.4, -0.2) is 21.4 Å². The van der Waals surface area contributed by atoms with Gasteiger partial charge in [0.2, 0.25) is 0 Å². The summed E-state index contributed by atoms with van der Waals surface area (Å²) in [6.45, 7) is 9.57. The number of hydrogen-bond donors (Lipinski definition) is 0. The van der Waals surface area contributed by atoms with Crippen molar-refractivity contribution in [3.63, 3.8) is 0 Å². The van der Waals surface area contributed by atoms with E-state index in [9.17, 15) is 9.18 Å². The van der Waals surface area contributed by atoms with Gasteiger partial charge in [-0.25, -0.2) is 4.39 Å². The van der Waals surface area contributed by atoms with Crippen molar-refractivity contribution in [2.45, 2.75) is 46.8 Å². The summed E-state index contributed by atoms with van der Waals surface area (Å²) in [5, 5.41) is 0. The zero-order chi connectivity index (χ0) is 21.0. The van der Waals surface area contributed by atoms with E-state index in [1.54, 1.807) is 12.1 Å². The van der Waals surface area contributed by atoms with E-state index in [0.29, 0.717) is 12.1 Å². The Morgan fingerprint density at radius 1 is 1.03 bits per heavy atom. The zero-order valence-electron chi connectivity index (χ0n) is 17.6. The minimum Gasteiger partial charge on any atom is -0.345 e. The Balaban J connectivity index is 1.87. The molecule has 0 saturated carbocycles. The van der Waals surface area contributed by atoms with Crippen LogP contribution in [0, 0.1) is 18.7 Å². The third-order valence-corrected chi connectivity index (χ3v) is 5.48. The lowest BCUT2D eigenvalue weighted by molar-refractivity contribution is 0.0622. The summed E-state index contributed by atoms with van der Waals surface area (Å²) in [6.07, 6.45) is 2.04. The van der Waals surface area contributed by atoms with Crippen molar-refractivity contribution in [1.82, 2.24) is 9.47 Å². The molecule has 152 valence electrons. The molecule has 3 nitrogen and oxygen atoms in total. The maximum Gasteiger partial charge on any atom is 0.254 e. The van der Waals surface area contributed by atoms with Gasteiger partial charge in [-0.1, -0.05) is 49.7 Å². The summed E-state index contributed by atoms with van der Waals surface area (Å²) >= 11 is 0. The summed E-state index contributed by atoms with van der Waals surface area (Å²) in [6, 6.07) is 18.5. The highest BCUT2D eigenvalue weighted by Crippen LogP contribution is 2.20. The Morgan fingerprint density at radius 2 is 1.79 bits per heavy atom. The number of carbonyl (C=O) groups excluding carboxylic acids is 1. The second-order valence-corrected chi connectivity index (χ2v) is 8.04. The van der Waals surface area contributed by atoms with E-state index >= 15 is 0 Å². The molecule has 4 heteroatoms. The molecule has 1 heterocycles. The van der Waals surface area contributed by atoms with Crippen LogP contribution in [0.2, 0.25) is 0 Å². The molecule has 0 aliphatic rings. The van der Waals surface area contributed by atoms with Gasteiger partial charge < -0.3 is 9.47 Å². The van der Waals surface area contributed by atoms with Crippen LogP contribution in [0.4, 0.5) is 4.39 Å². The van der Waals surface area contributed by atoms with E-state index in [4.69, 9.17) is 0 Å². The molecule has 0 spiro atoms. The van der Waals surface area contributed by atoms with Gasteiger partial charge in [0, 0.05) is 30.0 Å². The average Bonchev–Trinajstić information content (AvgIpc) is 3.11. The van der Waals surface area contributed by atoms with Crippen LogP contribution in [0.15, 0.2) is 66.9 Å². The number of rotatable bonds is 7. The average molecular weight is 393 g/mol. The largest absolute Gasteiger partial charge is 0.345 e. The van der Waals surface area contributed by atoms with Gasteiger partial charge >= 0.3 is 0 Å². The molecule has 1 aromatic heterocycles. The van der Waals surface area contributed by atoms with E-state index in [-0.39, 0.29) is 17.9 Å². The maximum absolute atomic E-state index is 13.7. The van der Waals surface area contributed by atoms with Gasteiger partial charge in [-0.2, -0.15) is 0 Å². The van der Waals surface area contributed by atoms with Crippen LogP contribution in [0.1, 0.15) is 48.0 Å². The van der Waals surface area contributed by atoms with Gasteiger partial charge in [-0.05, 0) is 55.7 Å². The summed E-state index contributed by atoms with van der Waals surface area (Å²) in [7, 11) is 0. The molecule has 0 saturated heterocycles. The normalized spacial score (nSPS) is 12.2. The Labute approximate surface area is 172 Å². The molecule has 1 atom stereocenters. The summed E-state index contributed by atoms with van der Waals surface area (Å²) in [5.74, 6) is -0.252. The Morgan fingerprint density at radius 3 is 2.48 bits per heavy atom. The highest BCUT2D eigenvalue weighted by molar-refractivity contribution is 5.94. The van der Waals surface area contributed by atoms with Crippen LogP contribution in [0.3, 0.4) is 0 Å². The fourth-order valence-corrected chi connectivity index (χ4v) is 3.48. The monoisotopic (exact) mass is 392 g/mol. The fourth-order valence-electron chi connectivity index (χ4n) is 3.48. The van der Waals surface area contributed by atoms with Gasteiger partial charge in [0.05, 0.1) is 6.54 Å². The SMILES string of the molecule is Cc1cccc(Cn2cccc2CN(C(=O)c2cccc(F)c2)C(C)C(C)C)c1. The highest BCUT2D eigenvalue weighted by Gasteiger charge is 2.25. The second-order valence-electron chi connectivity index (χ2n) is 8.04. The molecule has 0 N–H and O–H groups in total. The second kappa shape index (κ2) is 9.08. The predicted octanol–water partition coefficient (Wildman–Crippen LogP) is 5.67. The first-order valence-corrected chi connectivity index (χ1v) is 10.1. The van der Waals surface area contributed by atoms with E-state index in [0.717, 1.165) is 12.2 Å². The Hall–Kier alpha value is -2.88. The number of nitrogens with zero attached hydrogens (tertiary/aromatic N) is 2. The predicted molar refractivity (Wildman–Crippen MR) is 115 cm³/mol. The first-order chi connectivity index (χ1) is 13.8. The quantitative estimate of drug-likeness (QED) is 0.508. The fraction of sp³-hybridized carbons (Fsp3) is 0.320. The molecule has 0 aliphatic carbocycles. The molecule has 1 amide bonds. The van der Waals surface area contributed by atoms with Crippen LogP contribution in [0.5, 0.6) is 0 Å². The van der Waals surface area contributed by atoms with Gasteiger partial charge in [-0.15, -0.1) is 0 Å².